The van der Waals surface area contributed by atoms with Crippen LogP contribution in [-0.4, -0.2) is 96.5 Å². The van der Waals surface area contributed by atoms with Crippen molar-refractivity contribution in [1.82, 2.24) is 29.1 Å². The average molecular weight is 721 g/mol. The van der Waals surface area contributed by atoms with Gasteiger partial charge in [0, 0.05) is 7.05 Å². The quantitative estimate of drug-likeness (QED) is 0.0845. The molecule has 0 amide bonds. The van der Waals surface area contributed by atoms with Crippen LogP contribution in [-0.2, 0) is 36.7 Å². The Morgan fingerprint density at radius 1 is 1.17 bits per heavy atom. The molecule has 2 bridgehead atoms. The van der Waals surface area contributed by atoms with Gasteiger partial charge < -0.3 is 31.2 Å². The van der Waals surface area contributed by atoms with Gasteiger partial charge in [-0.2, -0.15) is 4.98 Å². The molecule has 0 radical (unpaired) electrons. The minimum absolute atomic E-state index is 0.0275. The van der Waals surface area contributed by atoms with Crippen molar-refractivity contribution < 1.29 is 46.9 Å². The van der Waals surface area contributed by atoms with Crippen molar-refractivity contribution in [3.8, 4) is 0 Å². The molecule has 1 fully saturated rings. The van der Waals surface area contributed by atoms with E-state index in [0.717, 1.165) is 6.33 Å². The second kappa shape index (κ2) is 12.1. The van der Waals surface area contributed by atoms with Crippen LogP contribution in [0.1, 0.15) is 18.1 Å². The summed E-state index contributed by atoms with van der Waals surface area (Å²) in [5, 5.41) is 22.3. The van der Waals surface area contributed by atoms with Gasteiger partial charge in [0.1, 0.15) is 42.8 Å². The number of nitrogen functional groups attached to an aromatic ring is 1. The molecule has 3 aromatic heterocycles. The number of H-pyrrole nitrogens is 1. The van der Waals surface area contributed by atoms with Crippen molar-refractivity contribution in [2.45, 2.75) is 36.9 Å². The van der Waals surface area contributed by atoms with Crippen LogP contribution in [0.25, 0.3) is 11.2 Å². The molecule has 6 rings (SSSR count). The normalized spacial score (nSPS) is 34.0. The molecule has 0 saturated carbocycles. The highest BCUT2D eigenvalue weighted by Crippen LogP contribution is 2.60. The van der Waals surface area contributed by atoms with Crippen molar-refractivity contribution in [2.24, 2.45) is 15.7 Å². The Bertz CT molecular complexity index is 1930. The molecule has 3 aliphatic heterocycles. The van der Waals surface area contributed by atoms with Gasteiger partial charge in [0.25, 0.3) is 5.56 Å². The predicted octanol–water partition coefficient (Wildman–Crippen LogP) is 0.715. The van der Waals surface area contributed by atoms with E-state index < -0.39 is 75.0 Å². The molecule has 3 aromatic rings. The number of nitrogens with zero attached hydrogens (tertiary/aromatic N) is 7. The first-order valence-electron chi connectivity index (χ1n) is 13.0. The first kappa shape index (κ1) is 32.7. The molecule has 8 atom stereocenters. The summed E-state index contributed by atoms with van der Waals surface area (Å²) in [5.74, 6) is -1.13. The van der Waals surface area contributed by atoms with Crippen molar-refractivity contribution in [1.29, 1.82) is 0 Å². The summed E-state index contributed by atoms with van der Waals surface area (Å²) >= 11 is 8.07. The van der Waals surface area contributed by atoms with Gasteiger partial charge in [0.15, 0.2) is 40.8 Å². The largest absolute Gasteiger partial charge is 0.506 e. The highest BCUT2D eigenvalue weighted by Gasteiger charge is 2.51. The third-order valence-electron chi connectivity index (χ3n) is 7.05. The van der Waals surface area contributed by atoms with Gasteiger partial charge in [0.2, 0.25) is 12.2 Å². The summed E-state index contributed by atoms with van der Waals surface area (Å²) in [6.07, 6.45) is -6.26. The van der Waals surface area contributed by atoms with Crippen molar-refractivity contribution >= 4 is 73.6 Å². The van der Waals surface area contributed by atoms with E-state index in [9.17, 15) is 24.1 Å². The number of aliphatic imine (C=N–C) groups is 2. The van der Waals surface area contributed by atoms with Gasteiger partial charge in [-0.25, -0.2) is 24.1 Å². The maximum absolute atomic E-state index is 13.5. The van der Waals surface area contributed by atoms with Crippen LogP contribution in [0.3, 0.4) is 0 Å². The number of ether oxygens (including phenoxy) is 2. The Morgan fingerprint density at radius 3 is 2.61 bits per heavy atom. The zero-order valence-corrected chi connectivity index (χ0v) is 27.0. The standard InChI is InChI=1S/C21H26N10O11P2S2/c1-24-15(22)9-16(25-2)30(5-26-9)19-12(33)13-8(40-19)4-38-44(36,46)42-14-11(32)7(3-37-43(35,45)41-13)39-20(14)31-6-27-10-17(31)28-21(23)29-18(10)34/h5-6,8,12-14,19-20,32-33H,2-4H2,1H3,(H2,22,24)(H,35,45)(H,36,46)(H3,23,28,29,34)/t8-,12?,13?,14?,19-,20-,43?,44?/m1/s1. The van der Waals surface area contributed by atoms with E-state index in [4.69, 9.17) is 39.0 Å². The Hall–Kier alpha value is -3.24. The van der Waals surface area contributed by atoms with Gasteiger partial charge in [-0.05, 0) is 6.72 Å². The van der Waals surface area contributed by atoms with Gasteiger partial charge in [-0.15, -0.1) is 0 Å². The van der Waals surface area contributed by atoms with Crippen molar-refractivity contribution in [2.75, 3.05) is 26.0 Å². The van der Waals surface area contributed by atoms with Crippen LogP contribution in [0.4, 0.5) is 11.8 Å². The van der Waals surface area contributed by atoms with E-state index in [1.54, 1.807) is 0 Å². The predicted molar refractivity (Wildman–Crippen MR) is 165 cm³/mol. The first-order valence-corrected chi connectivity index (χ1v) is 18.3. The summed E-state index contributed by atoms with van der Waals surface area (Å²) in [6, 6.07) is 0. The first-order chi connectivity index (χ1) is 21.7. The van der Waals surface area contributed by atoms with Gasteiger partial charge >= 0.3 is 13.6 Å². The molecule has 7 N–H and O–H groups in total. The number of fused-ring (bicyclic) bond motifs is 3. The fourth-order valence-electron chi connectivity index (χ4n) is 4.97. The van der Waals surface area contributed by atoms with Gasteiger partial charge in [-0.1, -0.05) is 24.5 Å². The lowest BCUT2D eigenvalue weighted by Gasteiger charge is -2.26. The summed E-state index contributed by atoms with van der Waals surface area (Å²) in [5.41, 5.74) is 10.9. The van der Waals surface area contributed by atoms with Crippen molar-refractivity contribution in [3.05, 3.63) is 40.2 Å². The molecule has 5 unspecified atom stereocenters. The number of imidazole rings is 2. The van der Waals surface area contributed by atoms with Crippen LogP contribution >= 0.6 is 38.1 Å². The molecule has 0 aromatic carbocycles. The Morgan fingerprint density at radius 2 is 1.89 bits per heavy atom. The highest BCUT2D eigenvalue weighted by molar-refractivity contribution is 8.44. The lowest BCUT2D eigenvalue weighted by atomic mass is 10.1. The molecule has 0 spiro atoms. The van der Waals surface area contributed by atoms with Crippen LogP contribution in [0.15, 0.2) is 39.0 Å². The zero-order valence-electron chi connectivity index (χ0n) is 23.4. The van der Waals surface area contributed by atoms with Gasteiger partial charge in [0.05, 0.1) is 12.9 Å². The minimum atomic E-state index is -4.43. The number of hydrogen-bond donors (Lipinski definition) is 7. The average Bonchev–Trinajstić information content (AvgIpc) is 3.75. The van der Waals surface area contributed by atoms with E-state index in [1.807, 2.05) is 0 Å². The molecule has 3 aliphatic rings. The molecular formula is C21H26N10O11P2S2. The number of aromatic nitrogens is 6. The molecule has 21 nitrogen and oxygen atoms in total. The number of aromatic amines is 1. The molecular weight excluding hydrogens is 694 g/mol. The molecule has 1 saturated heterocycles. The fraction of sp³-hybridized carbons (Fsp3) is 0.429. The number of aliphatic hydroxyl groups excluding tert-OH is 2. The smallest absolute Gasteiger partial charge is 0.387 e. The maximum atomic E-state index is 13.5. The molecule has 0 aliphatic carbocycles. The van der Waals surface area contributed by atoms with E-state index in [2.05, 4.69) is 61.1 Å². The van der Waals surface area contributed by atoms with E-state index >= 15 is 0 Å². The number of nitrogens with two attached hydrogens (primary N) is 2. The summed E-state index contributed by atoms with van der Waals surface area (Å²) in [4.78, 5) is 34.6. The Kier molecular flexibility index (Phi) is 8.59. The summed E-state index contributed by atoms with van der Waals surface area (Å²) in [7, 11) is 1.44. The maximum Gasteiger partial charge on any atom is 0.387 e. The number of thiol groups is 2. The number of anilines is 1. The molecule has 25 heteroatoms. The fourth-order valence-corrected chi connectivity index (χ4v) is 7.77. The summed E-state index contributed by atoms with van der Waals surface area (Å²) < 4.78 is 63.3. The number of rotatable bonds is 4. The molecule has 46 heavy (non-hydrogen) atoms. The van der Waals surface area contributed by atoms with E-state index in [1.165, 1.54) is 22.5 Å². The van der Waals surface area contributed by atoms with Crippen LogP contribution in [0, 0.1) is 0 Å². The van der Waals surface area contributed by atoms with Crippen LogP contribution in [0.5, 0.6) is 0 Å². The number of amidine groups is 1. The SMILES string of the molecule is C=Nc1c(/C(N)=N\C)ncn1[C@@H]1O[C@@H]2COP(=O)(S)OC3C(O)=C(COP(=O)(S)OC2C1O)O[C@H]3n1cnc2c(=O)[nH]c(N)nc21. The number of nitrogens with one attached hydrogen (secondary N) is 1. The third-order valence-corrected chi connectivity index (χ3v) is 10.2. The van der Waals surface area contributed by atoms with Crippen LogP contribution < -0.4 is 17.0 Å². The number of hydrogen-bond acceptors (Lipinski definition) is 17. The lowest BCUT2D eigenvalue weighted by molar-refractivity contribution is -0.0520. The third kappa shape index (κ3) is 5.87. The highest BCUT2D eigenvalue weighted by atomic mass is 32.7. The Balaban J connectivity index is 1.33. The van der Waals surface area contributed by atoms with E-state index in [0.29, 0.717) is 0 Å². The Labute approximate surface area is 268 Å². The second-order valence-corrected chi connectivity index (χ2v) is 15.6. The van der Waals surface area contributed by atoms with E-state index in [-0.39, 0.29) is 40.2 Å². The van der Waals surface area contributed by atoms with Crippen LogP contribution in [0.2, 0.25) is 0 Å². The topological polar surface area (TPSA) is 288 Å². The minimum Gasteiger partial charge on any atom is -0.506 e. The second-order valence-electron chi connectivity index (χ2n) is 9.84. The summed E-state index contributed by atoms with van der Waals surface area (Å²) in [6.45, 7) is -6.65. The molecule has 248 valence electrons. The molecule has 6 heterocycles. The monoisotopic (exact) mass is 720 g/mol. The van der Waals surface area contributed by atoms with Crippen molar-refractivity contribution in [3.63, 3.8) is 0 Å². The van der Waals surface area contributed by atoms with Gasteiger partial charge in [-0.3, -0.25) is 42.0 Å². The zero-order chi connectivity index (χ0) is 33.1. The lowest BCUT2D eigenvalue weighted by Crippen LogP contribution is -2.35. The number of aliphatic hydroxyl groups is 2.